The van der Waals surface area contributed by atoms with Crippen LogP contribution in [0.4, 0.5) is 4.79 Å². The second kappa shape index (κ2) is 6.05. The van der Waals surface area contributed by atoms with Gasteiger partial charge in [0.2, 0.25) is 0 Å². The van der Waals surface area contributed by atoms with Crippen molar-refractivity contribution in [3.05, 3.63) is 40.7 Å². The fourth-order valence-corrected chi connectivity index (χ4v) is 2.30. The number of nitrogens with zero attached hydrogens (tertiary/aromatic N) is 1. The zero-order valence-electron chi connectivity index (χ0n) is 11.8. The second-order valence-corrected chi connectivity index (χ2v) is 6.10. The van der Waals surface area contributed by atoms with Crippen LogP contribution in [0, 0.1) is 0 Å². The predicted molar refractivity (Wildman–Crippen MR) is 82.7 cm³/mol. The number of nitrogens with one attached hydrogen (secondary N) is 1. The maximum Gasteiger partial charge on any atom is 0.407 e. The topological polar surface area (TPSA) is 51.2 Å². The number of carbonyl (C=O) groups is 1. The maximum absolute atomic E-state index is 11.7. The Morgan fingerprint density at radius 1 is 1.40 bits per heavy atom. The minimum atomic E-state index is -0.488. The Kier molecular flexibility index (Phi) is 4.39. The number of rotatable bonds is 3. The van der Waals surface area contributed by atoms with Crippen molar-refractivity contribution in [2.24, 2.45) is 0 Å². The number of hydrogen-bond donors (Lipinski definition) is 1. The Morgan fingerprint density at radius 2 is 2.15 bits per heavy atom. The number of carbonyl (C=O) groups excluding carboxylic acids is 1. The summed E-state index contributed by atoms with van der Waals surface area (Å²) in [4.78, 5) is 16.0. The van der Waals surface area contributed by atoms with E-state index in [4.69, 9.17) is 4.74 Å². The van der Waals surface area contributed by atoms with Crippen molar-refractivity contribution in [3.63, 3.8) is 0 Å². The van der Waals surface area contributed by atoms with Crippen molar-refractivity contribution >= 4 is 17.4 Å². The lowest BCUT2D eigenvalue weighted by molar-refractivity contribution is 0.0523. The number of amides is 1. The minimum absolute atomic E-state index is 0. The number of alkyl carbamates (subject to hydrolysis) is 1. The lowest BCUT2D eigenvalue weighted by atomic mass is 10.1. The first-order chi connectivity index (χ1) is 9.46. The Balaban J connectivity index is 0.00000220. The first kappa shape index (κ1) is 14.5. The van der Waals surface area contributed by atoms with Crippen LogP contribution in [0.2, 0.25) is 0 Å². The molecule has 0 aliphatic heterocycles. The molecule has 1 N–H and O–H groups in total. The molecule has 2 rings (SSSR count). The standard InChI is InChI=1S/C15H18N2O2S.H2/c1-15(2,3)19-14(18)16-8-11-6-4-5-7-12(11)13-9-20-10-17-13;/h4-7,9-10H,8H2,1-3H3,(H,16,18);1H. The molecule has 0 atom stereocenters. The summed E-state index contributed by atoms with van der Waals surface area (Å²) in [5, 5.41) is 4.76. The van der Waals surface area contributed by atoms with E-state index in [1.54, 1.807) is 16.8 Å². The van der Waals surface area contributed by atoms with E-state index in [-0.39, 0.29) is 1.43 Å². The maximum atomic E-state index is 11.7. The van der Waals surface area contributed by atoms with Crippen molar-refractivity contribution in [2.45, 2.75) is 32.9 Å². The summed E-state index contributed by atoms with van der Waals surface area (Å²) in [6.07, 6.45) is -0.411. The molecule has 1 aromatic heterocycles. The number of hydrogen-bond acceptors (Lipinski definition) is 4. The monoisotopic (exact) mass is 292 g/mol. The number of aromatic nitrogens is 1. The molecule has 0 aliphatic carbocycles. The van der Waals surface area contributed by atoms with E-state index < -0.39 is 11.7 Å². The van der Waals surface area contributed by atoms with Gasteiger partial charge in [0.05, 0.1) is 11.2 Å². The van der Waals surface area contributed by atoms with Gasteiger partial charge in [0.1, 0.15) is 5.60 Å². The zero-order valence-corrected chi connectivity index (χ0v) is 12.7. The van der Waals surface area contributed by atoms with Gasteiger partial charge in [-0.25, -0.2) is 9.78 Å². The molecule has 1 aromatic carbocycles. The summed E-state index contributed by atoms with van der Waals surface area (Å²) in [5.41, 5.74) is 4.29. The summed E-state index contributed by atoms with van der Waals surface area (Å²) in [6.45, 7) is 5.95. The highest BCUT2D eigenvalue weighted by atomic mass is 32.1. The number of ether oxygens (including phenoxy) is 1. The fraction of sp³-hybridized carbons (Fsp3) is 0.333. The third-order valence-electron chi connectivity index (χ3n) is 2.55. The van der Waals surface area contributed by atoms with E-state index in [2.05, 4.69) is 10.3 Å². The van der Waals surface area contributed by atoms with E-state index in [0.717, 1.165) is 16.8 Å². The highest BCUT2D eigenvalue weighted by molar-refractivity contribution is 7.07. The quantitative estimate of drug-likeness (QED) is 0.927. The molecule has 0 spiro atoms. The van der Waals surface area contributed by atoms with Gasteiger partial charge in [-0.15, -0.1) is 11.3 Å². The Morgan fingerprint density at radius 3 is 2.80 bits per heavy atom. The Labute approximate surface area is 124 Å². The molecule has 1 amide bonds. The molecule has 0 bridgehead atoms. The van der Waals surface area contributed by atoms with Crippen LogP contribution < -0.4 is 5.32 Å². The highest BCUT2D eigenvalue weighted by Crippen LogP contribution is 2.23. The number of thiazole rings is 1. The van der Waals surface area contributed by atoms with E-state index in [1.807, 2.05) is 50.4 Å². The van der Waals surface area contributed by atoms with Gasteiger partial charge in [-0.05, 0) is 26.3 Å². The smallest absolute Gasteiger partial charge is 0.407 e. The van der Waals surface area contributed by atoms with Gasteiger partial charge in [-0.2, -0.15) is 0 Å². The van der Waals surface area contributed by atoms with Crippen molar-refractivity contribution in [2.75, 3.05) is 0 Å². The van der Waals surface area contributed by atoms with E-state index in [9.17, 15) is 4.79 Å². The Hall–Kier alpha value is -1.88. The molecule has 0 aliphatic rings. The van der Waals surface area contributed by atoms with E-state index in [0.29, 0.717) is 6.54 Å². The molecular weight excluding hydrogens is 272 g/mol. The van der Waals surface area contributed by atoms with Crippen LogP contribution in [-0.2, 0) is 11.3 Å². The van der Waals surface area contributed by atoms with Crippen molar-refractivity contribution < 1.29 is 11.0 Å². The van der Waals surface area contributed by atoms with Crippen LogP contribution >= 0.6 is 11.3 Å². The molecule has 0 saturated heterocycles. The molecule has 4 nitrogen and oxygen atoms in total. The molecule has 0 unspecified atom stereocenters. The zero-order chi connectivity index (χ0) is 14.6. The summed E-state index contributed by atoms with van der Waals surface area (Å²) in [5.74, 6) is 0. The lowest BCUT2D eigenvalue weighted by Gasteiger charge is -2.20. The van der Waals surface area contributed by atoms with Crippen LogP contribution in [0.5, 0.6) is 0 Å². The van der Waals surface area contributed by atoms with Crippen LogP contribution in [0.15, 0.2) is 35.2 Å². The van der Waals surface area contributed by atoms with Gasteiger partial charge in [-0.1, -0.05) is 24.3 Å². The predicted octanol–water partition coefficient (Wildman–Crippen LogP) is 4.08. The lowest BCUT2D eigenvalue weighted by Crippen LogP contribution is -2.32. The van der Waals surface area contributed by atoms with Crippen molar-refractivity contribution in [3.8, 4) is 11.3 Å². The molecule has 20 heavy (non-hydrogen) atoms. The molecule has 0 radical (unpaired) electrons. The van der Waals surface area contributed by atoms with Gasteiger partial charge in [0.25, 0.3) is 0 Å². The highest BCUT2D eigenvalue weighted by Gasteiger charge is 2.16. The molecule has 0 fully saturated rings. The summed E-state index contributed by atoms with van der Waals surface area (Å²) in [6, 6.07) is 7.89. The van der Waals surface area contributed by atoms with Crippen LogP contribution in [0.3, 0.4) is 0 Å². The van der Waals surface area contributed by atoms with Crippen molar-refractivity contribution in [1.29, 1.82) is 0 Å². The third-order valence-corrected chi connectivity index (χ3v) is 3.13. The van der Waals surface area contributed by atoms with Crippen LogP contribution in [0.25, 0.3) is 11.3 Å². The summed E-state index contributed by atoms with van der Waals surface area (Å²) >= 11 is 1.55. The SMILES string of the molecule is CC(C)(C)OC(=O)NCc1ccccc1-c1cscn1.[HH]. The minimum Gasteiger partial charge on any atom is -0.444 e. The average molecular weight is 292 g/mol. The summed E-state index contributed by atoms with van der Waals surface area (Å²) < 4.78 is 5.23. The third kappa shape index (κ3) is 4.06. The van der Waals surface area contributed by atoms with Gasteiger partial charge in [0.15, 0.2) is 0 Å². The molecule has 5 heteroatoms. The van der Waals surface area contributed by atoms with Crippen LogP contribution in [-0.4, -0.2) is 16.7 Å². The van der Waals surface area contributed by atoms with E-state index >= 15 is 0 Å². The Bertz CT molecular complexity index is 580. The van der Waals surface area contributed by atoms with Gasteiger partial charge >= 0.3 is 6.09 Å². The molecule has 108 valence electrons. The van der Waals surface area contributed by atoms with Gasteiger partial charge < -0.3 is 10.1 Å². The normalized spacial score (nSPS) is 11.2. The van der Waals surface area contributed by atoms with E-state index in [1.165, 1.54) is 0 Å². The fourth-order valence-electron chi connectivity index (χ4n) is 1.75. The van der Waals surface area contributed by atoms with Crippen LogP contribution in [0.1, 0.15) is 27.8 Å². The van der Waals surface area contributed by atoms with Gasteiger partial charge in [-0.3, -0.25) is 0 Å². The largest absolute Gasteiger partial charge is 0.444 e. The molecule has 2 aromatic rings. The summed E-state index contributed by atoms with van der Waals surface area (Å²) in [7, 11) is 0. The second-order valence-electron chi connectivity index (χ2n) is 5.39. The molecular formula is C15H20N2O2S. The van der Waals surface area contributed by atoms with Gasteiger partial charge in [0, 0.05) is 18.9 Å². The first-order valence-electron chi connectivity index (χ1n) is 6.39. The number of benzene rings is 1. The molecule has 1 heterocycles. The average Bonchev–Trinajstić information content (AvgIpc) is 2.88. The van der Waals surface area contributed by atoms with Crippen molar-refractivity contribution in [1.82, 2.24) is 10.3 Å². The first-order valence-corrected chi connectivity index (χ1v) is 7.33. The molecule has 0 saturated carbocycles.